The van der Waals surface area contributed by atoms with Crippen molar-refractivity contribution >= 4 is 11.9 Å². The van der Waals surface area contributed by atoms with E-state index < -0.39 is 23.2 Å². The number of rotatable bonds is 3. The van der Waals surface area contributed by atoms with Crippen molar-refractivity contribution in [3.63, 3.8) is 0 Å². The van der Waals surface area contributed by atoms with E-state index in [1.165, 1.54) is 12.1 Å². The van der Waals surface area contributed by atoms with Gasteiger partial charge in [-0.3, -0.25) is 4.79 Å². The lowest BCUT2D eigenvalue weighted by Gasteiger charge is -2.24. The van der Waals surface area contributed by atoms with Crippen molar-refractivity contribution in [1.82, 2.24) is 5.32 Å². The topological polar surface area (TPSA) is 75.6 Å². The van der Waals surface area contributed by atoms with Gasteiger partial charge in [0.15, 0.2) is 5.54 Å². The van der Waals surface area contributed by atoms with Gasteiger partial charge >= 0.3 is 5.97 Å². The molecule has 102 valence electrons. The Kier molecular flexibility index (Phi) is 3.53. The van der Waals surface area contributed by atoms with Crippen LogP contribution in [0.25, 0.3) is 0 Å². The third-order valence-electron chi connectivity index (χ3n) is 3.23. The number of benzene rings is 1. The minimum absolute atomic E-state index is 0.0809. The predicted molar refractivity (Wildman–Crippen MR) is 64.4 cm³/mol. The summed E-state index contributed by atoms with van der Waals surface area (Å²) in [5.41, 5.74) is -0.707. The van der Waals surface area contributed by atoms with E-state index in [9.17, 15) is 19.1 Å². The van der Waals surface area contributed by atoms with E-state index in [1.807, 2.05) is 0 Å². The molecule has 1 aromatic carbocycles. The maximum Gasteiger partial charge on any atom is 0.331 e. The largest absolute Gasteiger partial charge is 0.479 e. The molecular weight excluding hydrogens is 253 g/mol. The van der Waals surface area contributed by atoms with Gasteiger partial charge in [0, 0.05) is 18.6 Å². The molecule has 0 aliphatic carbocycles. The maximum atomic E-state index is 13.2. The van der Waals surface area contributed by atoms with Crippen LogP contribution in [0.2, 0.25) is 0 Å². The summed E-state index contributed by atoms with van der Waals surface area (Å²) in [4.78, 5) is 23.4. The van der Waals surface area contributed by atoms with E-state index >= 15 is 0 Å². The monoisotopic (exact) mass is 267 g/mol. The zero-order valence-electron chi connectivity index (χ0n) is 10.4. The molecule has 2 rings (SSSR count). The second-order valence-corrected chi connectivity index (χ2v) is 4.60. The molecule has 0 saturated carbocycles. The fourth-order valence-electron chi connectivity index (χ4n) is 2.01. The molecule has 1 amide bonds. The van der Waals surface area contributed by atoms with Crippen LogP contribution in [-0.4, -0.2) is 35.7 Å². The standard InChI is InChI=1S/C13H14FNO4/c1-8-2-3-9(14)6-10(8)11(16)15-13(12(17)18)4-5-19-7-13/h2-3,6H,4-5,7H2,1H3,(H,15,16)(H,17,18). The average Bonchev–Trinajstić information content (AvgIpc) is 2.82. The van der Waals surface area contributed by atoms with Gasteiger partial charge in [-0.15, -0.1) is 0 Å². The number of ether oxygens (including phenoxy) is 1. The van der Waals surface area contributed by atoms with Crippen molar-refractivity contribution in [2.24, 2.45) is 0 Å². The third kappa shape index (κ3) is 2.58. The molecule has 1 heterocycles. The Balaban J connectivity index is 2.25. The van der Waals surface area contributed by atoms with Gasteiger partial charge in [0.05, 0.1) is 6.61 Å². The summed E-state index contributed by atoms with van der Waals surface area (Å²) in [5.74, 6) is -2.29. The van der Waals surface area contributed by atoms with Crippen molar-refractivity contribution in [3.8, 4) is 0 Å². The van der Waals surface area contributed by atoms with Crippen LogP contribution in [0.5, 0.6) is 0 Å². The molecular formula is C13H14FNO4. The average molecular weight is 267 g/mol. The summed E-state index contributed by atoms with van der Waals surface area (Å²) < 4.78 is 18.2. The quantitative estimate of drug-likeness (QED) is 0.860. The normalized spacial score (nSPS) is 22.2. The van der Waals surface area contributed by atoms with E-state index in [1.54, 1.807) is 6.92 Å². The number of hydrogen-bond donors (Lipinski definition) is 2. The zero-order valence-corrected chi connectivity index (χ0v) is 10.4. The van der Waals surface area contributed by atoms with Gasteiger partial charge in [0.2, 0.25) is 0 Å². The summed E-state index contributed by atoms with van der Waals surface area (Å²) in [7, 11) is 0. The molecule has 1 atom stereocenters. The lowest BCUT2D eigenvalue weighted by atomic mass is 9.97. The van der Waals surface area contributed by atoms with E-state index in [0.29, 0.717) is 5.56 Å². The van der Waals surface area contributed by atoms with E-state index in [2.05, 4.69) is 5.32 Å². The van der Waals surface area contributed by atoms with Gasteiger partial charge in [-0.1, -0.05) is 6.07 Å². The number of amides is 1. The number of aryl methyl sites for hydroxylation is 1. The summed E-state index contributed by atoms with van der Waals surface area (Å²) in [6, 6.07) is 3.82. The molecule has 19 heavy (non-hydrogen) atoms. The third-order valence-corrected chi connectivity index (χ3v) is 3.23. The first-order valence-electron chi connectivity index (χ1n) is 5.84. The molecule has 0 radical (unpaired) electrons. The minimum Gasteiger partial charge on any atom is -0.479 e. The zero-order chi connectivity index (χ0) is 14.0. The summed E-state index contributed by atoms with van der Waals surface area (Å²) in [6.45, 7) is 1.85. The molecule has 0 spiro atoms. The molecule has 5 nitrogen and oxygen atoms in total. The van der Waals surface area contributed by atoms with Gasteiger partial charge in [-0.25, -0.2) is 9.18 Å². The molecule has 1 fully saturated rings. The van der Waals surface area contributed by atoms with Gasteiger partial charge in [-0.2, -0.15) is 0 Å². The van der Waals surface area contributed by atoms with E-state index in [0.717, 1.165) is 6.07 Å². The highest BCUT2D eigenvalue weighted by molar-refractivity contribution is 5.99. The van der Waals surface area contributed by atoms with Crippen LogP contribution in [0.15, 0.2) is 18.2 Å². The predicted octanol–water partition coefficient (Wildman–Crippen LogP) is 1.11. The first kappa shape index (κ1) is 13.5. The Labute approximate surface area is 109 Å². The Bertz CT molecular complexity index is 523. The fraction of sp³-hybridized carbons (Fsp3) is 0.385. The number of nitrogens with one attached hydrogen (secondary N) is 1. The highest BCUT2D eigenvalue weighted by atomic mass is 19.1. The number of carboxylic acid groups (broad SMARTS) is 1. The number of aliphatic carboxylic acids is 1. The van der Waals surface area contributed by atoms with Crippen LogP contribution in [0, 0.1) is 12.7 Å². The minimum atomic E-state index is -1.42. The molecule has 2 N–H and O–H groups in total. The fourth-order valence-corrected chi connectivity index (χ4v) is 2.01. The number of halogens is 1. The molecule has 6 heteroatoms. The van der Waals surface area contributed by atoms with Crippen LogP contribution in [-0.2, 0) is 9.53 Å². The van der Waals surface area contributed by atoms with Crippen molar-refractivity contribution in [2.45, 2.75) is 18.9 Å². The highest BCUT2D eigenvalue weighted by Crippen LogP contribution is 2.20. The lowest BCUT2D eigenvalue weighted by molar-refractivity contribution is -0.144. The Hall–Kier alpha value is -1.95. The van der Waals surface area contributed by atoms with Crippen LogP contribution >= 0.6 is 0 Å². The molecule has 0 bridgehead atoms. The highest BCUT2D eigenvalue weighted by Gasteiger charge is 2.44. The molecule has 1 unspecified atom stereocenters. The van der Waals surface area contributed by atoms with Gasteiger partial charge in [0.25, 0.3) is 5.91 Å². The summed E-state index contributed by atoms with van der Waals surface area (Å²) in [6.07, 6.45) is 0.197. The lowest BCUT2D eigenvalue weighted by Crippen LogP contribution is -2.55. The van der Waals surface area contributed by atoms with E-state index in [-0.39, 0.29) is 25.2 Å². The van der Waals surface area contributed by atoms with Crippen LogP contribution in [0.4, 0.5) is 4.39 Å². The Morgan fingerprint density at radius 2 is 2.21 bits per heavy atom. The van der Waals surface area contributed by atoms with Crippen molar-refractivity contribution < 1.29 is 23.8 Å². The van der Waals surface area contributed by atoms with Gasteiger partial charge in [-0.05, 0) is 24.6 Å². The van der Waals surface area contributed by atoms with E-state index in [4.69, 9.17) is 4.74 Å². The molecule has 0 aromatic heterocycles. The number of carbonyl (C=O) groups is 2. The van der Waals surface area contributed by atoms with Crippen LogP contribution in [0.3, 0.4) is 0 Å². The Morgan fingerprint density at radius 1 is 1.47 bits per heavy atom. The second-order valence-electron chi connectivity index (χ2n) is 4.60. The molecule has 1 aliphatic heterocycles. The van der Waals surface area contributed by atoms with Crippen molar-refractivity contribution in [3.05, 3.63) is 35.1 Å². The Morgan fingerprint density at radius 3 is 2.79 bits per heavy atom. The van der Waals surface area contributed by atoms with Crippen LogP contribution in [0.1, 0.15) is 22.3 Å². The number of hydrogen-bond acceptors (Lipinski definition) is 3. The molecule has 1 aromatic rings. The summed E-state index contributed by atoms with van der Waals surface area (Å²) >= 11 is 0. The van der Waals surface area contributed by atoms with Gasteiger partial charge < -0.3 is 15.2 Å². The first-order chi connectivity index (χ1) is 8.94. The van der Waals surface area contributed by atoms with Crippen molar-refractivity contribution in [1.29, 1.82) is 0 Å². The SMILES string of the molecule is Cc1ccc(F)cc1C(=O)NC1(C(=O)O)CCOC1. The summed E-state index contributed by atoms with van der Waals surface area (Å²) in [5, 5.41) is 11.7. The number of carboxylic acids is 1. The van der Waals surface area contributed by atoms with Gasteiger partial charge in [0.1, 0.15) is 5.82 Å². The smallest absolute Gasteiger partial charge is 0.331 e. The maximum absolute atomic E-state index is 13.2. The molecule has 1 aliphatic rings. The first-order valence-corrected chi connectivity index (χ1v) is 5.84. The van der Waals surface area contributed by atoms with Crippen LogP contribution < -0.4 is 5.32 Å². The van der Waals surface area contributed by atoms with Crippen molar-refractivity contribution in [2.75, 3.05) is 13.2 Å². The molecule has 1 saturated heterocycles. The second kappa shape index (κ2) is 4.97. The number of carbonyl (C=O) groups excluding carboxylic acids is 1.